The number of ether oxygens (including phenoxy) is 1. The monoisotopic (exact) mass is 218 g/mol. The van der Waals surface area contributed by atoms with Crippen LogP contribution in [-0.2, 0) is 14.3 Å². The molecule has 0 aromatic heterocycles. The number of Topliss-reactive ketones (excluding diaryl/α,β-unsaturated/α-hetero) is 1. The van der Waals surface area contributed by atoms with Gasteiger partial charge in [-0.2, -0.15) is 4.79 Å². The van der Waals surface area contributed by atoms with Crippen molar-refractivity contribution in [3.8, 4) is 0 Å². The number of halogens is 1. The maximum Gasteiger partial charge on any atom is 0.441 e. The zero-order valence-corrected chi connectivity index (χ0v) is 8.58. The summed E-state index contributed by atoms with van der Waals surface area (Å²) in [6.07, 6.45) is 0.501. The van der Waals surface area contributed by atoms with Gasteiger partial charge in [-0.3, -0.25) is 4.79 Å². The summed E-state index contributed by atoms with van der Waals surface area (Å²) in [5.41, 5.74) is 7.85. The van der Waals surface area contributed by atoms with Crippen LogP contribution in [0.3, 0.4) is 0 Å². The number of nitrogens with zero attached hydrogens (tertiary/aromatic N) is 2. The molecule has 0 fully saturated rings. The van der Waals surface area contributed by atoms with E-state index in [1.807, 2.05) is 0 Å². The average Bonchev–Trinajstić information content (AvgIpc) is 2.16. The second-order valence-corrected chi connectivity index (χ2v) is 2.76. The van der Waals surface area contributed by atoms with Crippen molar-refractivity contribution >= 4 is 29.1 Å². The third-order valence-electron chi connectivity index (χ3n) is 1.37. The zero-order valence-electron chi connectivity index (χ0n) is 7.83. The fourth-order valence-electron chi connectivity index (χ4n) is 0.756. The molecule has 0 unspecified atom stereocenters. The third-order valence-corrected chi connectivity index (χ3v) is 1.64. The van der Waals surface area contributed by atoms with E-state index in [9.17, 15) is 9.59 Å². The summed E-state index contributed by atoms with van der Waals surface area (Å²) >= 11 is 5.36. The highest BCUT2D eigenvalue weighted by atomic mass is 35.5. The molecule has 0 bridgehead atoms. The van der Waals surface area contributed by atoms with Crippen LogP contribution < -0.4 is 0 Å². The third kappa shape index (κ3) is 4.16. The summed E-state index contributed by atoms with van der Waals surface area (Å²) in [5, 5.41) is 0. The van der Waals surface area contributed by atoms with Crippen LogP contribution in [0.15, 0.2) is 0 Å². The number of rotatable bonds is 6. The zero-order chi connectivity index (χ0) is 11.0. The minimum absolute atomic E-state index is 0.0711. The minimum atomic E-state index is -0.908. The molecule has 0 N–H and O–H groups in total. The van der Waals surface area contributed by atoms with Crippen LogP contribution >= 0.6 is 11.6 Å². The lowest BCUT2D eigenvalue weighted by atomic mass is 10.1. The molecule has 78 valence electrons. The van der Waals surface area contributed by atoms with Crippen LogP contribution in [0.1, 0.15) is 19.8 Å². The van der Waals surface area contributed by atoms with E-state index in [1.54, 1.807) is 6.92 Å². The van der Waals surface area contributed by atoms with E-state index in [1.165, 1.54) is 0 Å². The molecule has 0 spiro atoms. The van der Waals surface area contributed by atoms with Crippen molar-refractivity contribution in [2.75, 3.05) is 12.5 Å². The Labute approximate surface area is 86.6 Å². The lowest BCUT2D eigenvalue weighted by Crippen LogP contribution is -2.27. The summed E-state index contributed by atoms with van der Waals surface area (Å²) in [4.78, 5) is 24.8. The quantitative estimate of drug-likeness (QED) is 0.165. The highest BCUT2D eigenvalue weighted by Gasteiger charge is 2.29. The van der Waals surface area contributed by atoms with Crippen LogP contribution in [0.25, 0.3) is 5.53 Å². The van der Waals surface area contributed by atoms with Gasteiger partial charge >= 0.3 is 11.7 Å². The number of carbonyl (C=O) groups excluding carboxylic acids is 2. The summed E-state index contributed by atoms with van der Waals surface area (Å²) in [7, 11) is 0. The molecule has 0 aromatic rings. The van der Waals surface area contributed by atoms with E-state index in [2.05, 4.69) is 9.53 Å². The maximum atomic E-state index is 11.2. The van der Waals surface area contributed by atoms with Crippen LogP contribution in [0, 0.1) is 0 Å². The van der Waals surface area contributed by atoms with Crippen molar-refractivity contribution in [3.05, 3.63) is 5.53 Å². The van der Waals surface area contributed by atoms with Gasteiger partial charge in [0.2, 0.25) is 0 Å². The minimum Gasteiger partial charge on any atom is -0.457 e. The van der Waals surface area contributed by atoms with E-state index < -0.39 is 17.5 Å². The number of hydrogen-bond acceptors (Lipinski definition) is 3. The Balaban J connectivity index is 4.35. The number of carbonyl (C=O) groups is 2. The molecule has 6 heteroatoms. The topological polar surface area (TPSA) is 79.8 Å². The molecule has 0 aromatic carbocycles. The number of ketones is 1. The molecule has 0 amide bonds. The molecule has 0 aliphatic rings. The summed E-state index contributed by atoms with van der Waals surface area (Å²) in [6.45, 7) is 1.72. The van der Waals surface area contributed by atoms with Crippen molar-refractivity contribution in [1.29, 1.82) is 0 Å². The fraction of sp³-hybridized carbons (Fsp3) is 0.625. The van der Waals surface area contributed by atoms with Gasteiger partial charge in [0, 0.05) is 12.3 Å². The first kappa shape index (κ1) is 12.8. The Morgan fingerprint density at radius 3 is 2.57 bits per heavy atom. The first-order valence-electron chi connectivity index (χ1n) is 4.15. The Hall–Kier alpha value is -1.19. The molecular formula is C8H11ClN2O3. The number of alkyl halides is 1. The van der Waals surface area contributed by atoms with Gasteiger partial charge in [0.05, 0.1) is 6.61 Å². The van der Waals surface area contributed by atoms with Crippen LogP contribution in [-0.4, -0.2) is 34.7 Å². The van der Waals surface area contributed by atoms with E-state index in [0.29, 0.717) is 12.3 Å². The highest BCUT2D eigenvalue weighted by molar-refractivity contribution is 6.62. The molecule has 0 saturated carbocycles. The molecule has 0 aliphatic heterocycles. The van der Waals surface area contributed by atoms with Crippen LogP contribution in [0.4, 0.5) is 0 Å². The predicted octanol–water partition coefficient (Wildman–Crippen LogP) is 0.808. The highest BCUT2D eigenvalue weighted by Crippen LogP contribution is 1.96. The maximum absolute atomic E-state index is 11.2. The predicted molar refractivity (Wildman–Crippen MR) is 50.2 cm³/mol. The van der Waals surface area contributed by atoms with Crippen molar-refractivity contribution < 1.29 is 19.1 Å². The Morgan fingerprint density at radius 2 is 2.14 bits per heavy atom. The largest absolute Gasteiger partial charge is 0.457 e. The Bertz CT molecular complexity index is 272. The molecule has 0 rings (SSSR count). The Kier molecular flexibility index (Phi) is 6.62. The first-order chi connectivity index (χ1) is 6.67. The summed E-state index contributed by atoms with van der Waals surface area (Å²) < 4.78 is 4.51. The van der Waals surface area contributed by atoms with Crippen molar-refractivity contribution in [2.45, 2.75) is 19.8 Å². The van der Waals surface area contributed by atoms with Gasteiger partial charge in [0.25, 0.3) is 5.78 Å². The Morgan fingerprint density at radius 1 is 1.50 bits per heavy atom. The fourth-order valence-corrected chi connectivity index (χ4v) is 0.889. The van der Waals surface area contributed by atoms with Gasteiger partial charge in [0.15, 0.2) is 0 Å². The molecular weight excluding hydrogens is 208 g/mol. The van der Waals surface area contributed by atoms with Gasteiger partial charge < -0.3 is 10.3 Å². The van der Waals surface area contributed by atoms with E-state index in [-0.39, 0.29) is 13.0 Å². The van der Waals surface area contributed by atoms with Crippen LogP contribution in [0.5, 0.6) is 0 Å². The number of esters is 1. The molecule has 14 heavy (non-hydrogen) atoms. The van der Waals surface area contributed by atoms with E-state index in [4.69, 9.17) is 17.1 Å². The normalized spacial score (nSPS) is 9.00. The molecule has 0 atom stereocenters. The second-order valence-electron chi connectivity index (χ2n) is 2.38. The van der Waals surface area contributed by atoms with Gasteiger partial charge in [-0.15, -0.1) is 11.6 Å². The van der Waals surface area contributed by atoms with Gasteiger partial charge in [-0.05, 0) is 13.3 Å². The summed E-state index contributed by atoms with van der Waals surface area (Å²) in [5.74, 6) is -1.16. The molecule has 0 aliphatic carbocycles. The summed E-state index contributed by atoms with van der Waals surface area (Å²) in [6, 6.07) is 0. The van der Waals surface area contributed by atoms with Crippen LogP contribution in [0.2, 0.25) is 0 Å². The molecule has 0 radical (unpaired) electrons. The van der Waals surface area contributed by atoms with E-state index >= 15 is 0 Å². The number of hydrogen-bond donors (Lipinski definition) is 0. The second kappa shape index (κ2) is 7.24. The standard InChI is InChI=1S/C8H11ClN2O3/c1-2-14-8(13)7(11-10)6(12)4-3-5-9/h2-5H2,1H3. The average molecular weight is 219 g/mol. The lowest BCUT2D eigenvalue weighted by Gasteiger charge is -1.95. The van der Waals surface area contributed by atoms with E-state index in [0.717, 1.165) is 0 Å². The van der Waals surface area contributed by atoms with Gasteiger partial charge in [-0.25, -0.2) is 4.79 Å². The smallest absolute Gasteiger partial charge is 0.441 e. The molecule has 0 heterocycles. The molecule has 5 nitrogen and oxygen atoms in total. The van der Waals surface area contributed by atoms with Gasteiger partial charge in [-0.1, -0.05) is 0 Å². The lowest BCUT2D eigenvalue weighted by molar-refractivity contribution is -0.141. The SMILES string of the molecule is CCOC(=O)C(=[N+]=[N-])C(=O)CCCCl. The van der Waals surface area contributed by atoms with Gasteiger partial charge in [0.1, 0.15) is 0 Å². The van der Waals surface area contributed by atoms with Crippen molar-refractivity contribution in [1.82, 2.24) is 0 Å². The van der Waals surface area contributed by atoms with Crippen molar-refractivity contribution in [2.24, 2.45) is 0 Å². The molecule has 0 saturated heterocycles. The first-order valence-corrected chi connectivity index (χ1v) is 4.69. The van der Waals surface area contributed by atoms with Crippen molar-refractivity contribution in [3.63, 3.8) is 0 Å².